The van der Waals surface area contributed by atoms with Gasteiger partial charge in [-0.1, -0.05) is 29.8 Å². The van der Waals surface area contributed by atoms with E-state index in [2.05, 4.69) is 32.7 Å². The highest BCUT2D eigenvalue weighted by molar-refractivity contribution is 14.1. The molecule has 0 aliphatic heterocycles. The van der Waals surface area contributed by atoms with Crippen LogP contribution in [-0.4, -0.2) is 14.8 Å². The average Bonchev–Trinajstić information content (AvgIpc) is 2.91. The van der Waals surface area contributed by atoms with E-state index in [0.717, 1.165) is 14.7 Å². The molecular formula is C15H10ClFIN3. The van der Waals surface area contributed by atoms with Gasteiger partial charge in [0.25, 0.3) is 0 Å². The van der Waals surface area contributed by atoms with Crippen molar-refractivity contribution in [3.8, 4) is 11.4 Å². The van der Waals surface area contributed by atoms with Crippen molar-refractivity contribution < 1.29 is 4.39 Å². The molecule has 0 aliphatic carbocycles. The summed E-state index contributed by atoms with van der Waals surface area (Å²) in [5.41, 5.74) is 1.75. The third-order valence-corrected chi connectivity index (χ3v) is 3.93. The molecule has 2 aromatic carbocycles. The minimum absolute atomic E-state index is 0.122. The van der Waals surface area contributed by atoms with Crippen molar-refractivity contribution in [3.05, 3.63) is 68.8 Å². The minimum atomic E-state index is -0.424. The summed E-state index contributed by atoms with van der Waals surface area (Å²) in [5, 5.41) is 4.54. The van der Waals surface area contributed by atoms with E-state index < -0.39 is 5.82 Å². The van der Waals surface area contributed by atoms with Gasteiger partial charge in [-0.2, -0.15) is 5.10 Å². The fourth-order valence-electron chi connectivity index (χ4n) is 1.96. The van der Waals surface area contributed by atoms with Crippen LogP contribution >= 0.6 is 34.2 Å². The van der Waals surface area contributed by atoms with Gasteiger partial charge in [0, 0.05) is 9.13 Å². The van der Waals surface area contributed by atoms with E-state index in [9.17, 15) is 4.39 Å². The van der Waals surface area contributed by atoms with Gasteiger partial charge in [-0.15, -0.1) is 0 Å². The van der Waals surface area contributed by atoms with Crippen molar-refractivity contribution in [2.45, 2.75) is 6.54 Å². The minimum Gasteiger partial charge on any atom is -0.248 e. The van der Waals surface area contributed by atoms with Gasteiger partial charge in [0.15, 0.2) is 5.82 Å². The first-order chi connectivity index (χ1) is 10.1. The molecule has 0 fully saturated rings. The molecule has 0 spiro atoms. The molecule has 21 heavy (non-hydrogen) atoms. The maximum atomic E-state index is 13.4. The van der Waals surface area contributed by atoms with Gasteiger partial charge in [0.1, 0.15) is 12.1 Å². The summed E-state index contributed by atoms with van der Waals surface area (Å²) < 4.78 is 16.2. The van der Waals surface area contributed by atoms with Crippen LogP contribution in [0.3, 0.4) is 0 Å². The number of nitrogens with zero attached hydrogens (tertiary/aromatic N) is 3. The van der Waals surface area contributed by atoms with E-state index in [4.69, 9.17) is 11.6 Å². The van der Waals surface area contributed by atoms with E-state index in [1.54, 1.807) is 23.1 Å². The zero-order valence-electron chi connectivity index (χ0n) is 10.8. The molecular weight excluding hydrogens is 404 g/mol. The Morgan fingerprint density at radius 3 is 2.81 bits per heavy atom. The highest BCUT2D eigenvalue weighted by atomic mass is 127. The molecule has 1 heterocycles. The van der Waals surface area contributed by atoms with Crippen molar-refractivity contribution in [3.63, 3.8) is 0 Å². The highest BCUT2D eigenvalue weighted by Gasteiger charge is 2.06. The zero-order valence-corrected chi connectivity index (χ0v) is 13.7. The van der Waals surface area contributed by atoms with Crippen LogP contribution < -0.4 is 0 Å². The standard InChI is InChI=1S/C15H10ClFIN3/c16-13-5-4-10(6-14(13)17)8-21-9-19-15(20-21)11-2-1-3-12(18)7-11/h1-7,9H,8H2. The van der Waals surface area contributed by atoms with Gasteiger partial charge >= 0.3 is 0 Å². The topological polar surface area (TPSA) is 30.7 Å². The van der Waals surface area contributed by atoms with E-state index in [-0.39, 0.29) is 5.02 Å². The van der Waals surface area contributed by atoms with Crippen LogP contribution in [0.2, 0.25) is 5.02 Å². The van der Waals surface area contributed by atoms with Gasteiger partial charge in [-0.3, -0.25) is 0 Å². The summed E-state index contributed by atoms with van der Waals surface area (Å²) in [6, 6.07) is 12.7. The molecule has 0 unspecified atom stereocenters. The third kappa shape index (κ3) is 3.41. The molecule has 3 aromatic rings. The average molecular weight is 414 g/mol. The van der Waals surface area contributed by atoms with E-state index in [1.165, 1.54) is 6.07 Å². The van der Waals surface area contributed by atoms with Crippen molar-refractivity contribution in [2.75, 3.05) is 0 Å². The van der Waals surface area contributed by atoms with Crippen LogP contribution in [0.4, 0.5) is 4.39 Å². The van der Waals surface area contributed by atoms with Crippen LogP contribution in [0.1, 0.15) is 5.56 Å². The molecule has 3 rings (SSSR count). The molecule has 0 bridgehead atoms. The smallest absolute Gasteiger partial charge is 0.181 e. The van der Waals surface area contributed by atoms with E-state index in [1.807, 2.05) is 24.3 Å². The summed E-state index contributed by atoms with van der Waals surface area (Å²) >= 11 is 7.92. The zero-order chi connectivity index (χ0) is 14.8. The lowest BCUT2D eigenvalue weighted by Gasteiger charge is -2.02. The predicted octanol–water partition coefficient (Wildman–Crippen LogP) is 4.39. The fraction of sp³-hybridized carbons (Fsp3) is 0.0667. The molecule has 0 amide bonds. The number of aromatic nitrogens is 3. The summed E-state index contributed by atoms with van der Waals surface area (Å²) in [6.45, 7) is 0.449. The van der Waals surface area contributed by atoms with Crippen molar-refractivity contribution in [2.24, 2.45) is 0 Å². The molecule has 0 saturated heterocycles. The second-order valence-electron chi connectivity index (χ2n) is 4.52. The second-order valence-corrected chi connectivity index (χ2v) is 6.18. The molecule has 0 saturated carbocycles. The Bertz CT molecular complexity index is 788. The summed E-state index contributed by atoms with van der Waals surface area (Å²) in [5.74, 6) is 0.232. The largest absolute Gasteiger partial charge is 0.248 e. The van der Waals surface area contributed by atoms with Crippen LogP contribution in [0.5, 0.6) is 0 Å². The fourth-order valence-corrected chi connectivity index (χ4v) is 2.62. The monoisotopic (exact) mass is 413 g/mol. The number of rotatable bonds is 3. The Balaban J connectivity index is 1.83. The summed E-state index contributed by atoms with van der Waals surface area (Å²) in [7, 11) is 0. The molecule has 3 nitrogen and oxygen atoms in total. The van der Waals surface area contributed by atoms with Crippen LogP contribution in [0.25, 0.3) is 11.4 Å². The van der Waals surface area contributed by atoms with Crippen molar-refractivity contribution in [1.29, 1.82) is 0 Å². The highest BCUT2D eigenvalue weighted by Crippen LogP contribution is 2.18. The molecule has 106 valence electrons. The van der Waals surface area contributed by atoms with Crippen LogP contribution in [0, 0.1) is 9.39 Å². The summed E-state index contributed by atoms with van der Waals surface area (Å²) in [4.78, 5) is 4.29. The predicted molar refractivity (Wildman–Crippen MR) is 88.7 cm³/mol. The Labute approximate surface area is 139 Å². The maximum Gasteiger partial charge on any atom is 0.181 e. The Kier molecular flexibility index (Phi) is 4.21. The normalized spacial score (nSPS) is 10.8. The first kappa shape index (κ1) is 14.5. The number of halogens is 3. The van der Waals surface area contributed by atoms with E-state index in [0.29, 0.717) is 12.4 Å². The number of hydrogen-bond donors (Lipinski definition) is 0. The molecule has 0 atom stereocenters. The summed E-state index contributed by atoms with van der Waals surface area (Å²) in [6.07, 6.45) is 1.64. The number of benzene rings is 2. The molecule has 0 aliphatic rings. The van der Waals surface area contributed by atoms with Gasteiger partial charge < -0.3 is 0 Å². The van der Waals surface area contributed by atoms with Crippen LogP contribution in [0.15, 0.2) is 48.8 Å². The Morgan fingerprint density at radius 1 is 1.19 bits per heavy atom. The van der Waals surface area contributed by atoms with Gasteiger partial charge in [0.2, 0.25) is 0 Å². The van der Waals surface area contributed by atoms with Crippen molar-refractivity contribution in [1.82, 2.24) is 14.8 Å². The Hall–Kier alpha value is -1.47. The Morgan fingerprint density at radius 2 is 2.05 bits per heavy atom. The third-order valence-electron chi connectivity index (χ3n) is 2.95. The molecule has 0 N–H and O–H groups in total. The van der Waals surface area contributed by atoms with Gasteiger partial charge in [-0.25, -0.2) is 14.1 Å². The molecule has 1 aromatic heterocycles. The number of hydrogen-bond acceptors (Lipinski definition) is 2. The molecule has 0 radical (unpaired) electrons. The first-order valence-electron chi connectivity index (χ1n) is 6.21. The molecule has 6 heteroatoms. The second kappa shape index (κ2) is 6.11. The lowest BCUT2D eigenvalue weighted by atomic mass is 10.2. The van der Waals surface area contributed by atoms with Gasteiger partial charge in [-0.05, 0) is 52.4 Å². The van der Waals surface area contributed by atoms with E-state index >= 15 is 0 Å². The maximum absolute atomic E-state index is 13.4. The van der Waals surface area contributed by atoms with Gasteiger partial charge in [0.05, 0.1) is 11.6 Å². The van der Waals surface area contributed by atoms with Crippen LogP contribution in [-0.2, 0) is 6.54 Å². The first-order valence-corrected chi connectivity index (χ1v) is 7.67. The lowest BCUT2D eigenvalue weighted by Crippen LogP contribution is -2.01. The SMILES string of the molecule is Fc1cc(Cn2cnc(-c3cccc(I)c3)n2)ccc1Cl. The van der Waals surface area contributed by atoms with Crippen molar-refractivity contribution >= 4 is 34.2 Å². The quantitative estimate of drug-likeness (QED) is 0.596. The lowest BCUT2D eigenvalue weighted by molar-refractivity contribution is 0.619.